The van der Waals surface area contributed by atoms with Crippen LogP contribution in [0.1, 0.15) is 19.3 Å². The molecule has 19 heavy (non-hydrogen) atoms. The number of carbonyl (C=O) groups excluding carboxylic acids is 2. The van der Waals surface area contributed by atoms with Crippen molar-refractivity contribution in [2.75, 3.05) is 13.1 Å². The van der Waals surface area contributed by atoms with Crippen molar-refractivity contribution in [3.05, 3.63) is 0 Å². The Morgan fingerprint density at radius 3 is 2.74 bits per heavy atom. The van der Waals surface area contributed by atoms with E-state index in [-0.39, 0.29) is 24.9 Å². The van der Waals surface area contributed by atoms with Gasteiger partial charge in [0.2, 0.25) is 5.91 Å². The van der Waals surface area contributed by atoms with Gasteiger partial charge in [-0.1, -0.05) is 0 Å². The summed E-state index contributed by atoms with van der Waals surface area (Å²) in [5, 5.41) is 23.8. The molecular formula is C11H17N3O5. The fourth-order valence-corrected chi connectivity index (χ4v) is 2.39. The SMILES string of the molecule is O=C1CCC(NC(=O)N2C[C@@H](O)C[C@H]2C(=O)O)CN1. The maximum Gasteiger partial charge on any atom is 0.326 e. The summed E-state index contributed by atoms with van der Waals surface area (Å²) in [6.07, 6.45) is 0.115. The van der Waals surface area contributed by atoms with Crippen molar-refractivity contribution in [2.24, 2.45) is 0 Å². The van der Waals surface area contributed by atoms with Crippen molar-refractivity contribution in [1.29, 1.82) is 0 Å². The number of β-amino-alcohol motifs (C(OH)–C–C–N with tert-alkyl or cyclic N) is 1. The number of nitrogens with one attached hydrogen (secondary N) is 2. The van der Waals surface area contributed by atoms with Gasteiger partial charge in [-0.2, -0.15) is 0 Å². The average Bonchev–Trinajstić information content (AvgIpc) is 2.74. The fourth-order valence-electron chi connectivity index (χ4n) is 2.39. The molecule has 2 saturated heterocycles. The van der Waals surface area contributed by atoms with Gasteiger partial charge in [-0.3, -0.25) is 4.79 Å². The lowest BCUT2D eigenvalue weighted by Crippen LogP contribution is -2.53. The molecule has 2 fully saturated rings. The lowest BCUT2D eigenvalue weighted by molar-refractivity contribution is -0.141. The number of urea groups is 1. The van der Waals surface area contributed by atoms with E-state index in [1.165, 1.54) is 0 Å². The quantitative estimate of drug-likeness (QED) is 0.487. The van der Waals surface area contributed by atoms with Crippen molar-refractivity contribution in [1.82, 2.24) is 15.5 Å². The zero-order valence-corrected chi connectivity index (χ0v) is 10.3. The van der Waals surface area contributed by atoms with E-state index < -0.39 is 24.1 Å². The van der Waals surface area contributed by atoms with E-state index in [4.69, 9.17) is 5.11 Å². The minimum Gasteiger partial charge on any atom is -0.480 e. The predicted molar refractivity (Wildman–Crippen MR) is 63.3 cm³/mol. The van der Waals surface area contributed by atoms with Gasteiger partial charge in [0.15, 0.2) is 0 Å². The molecule has 0 aromatic rings. The van der Waals surface area contributed by atoms with Gasteiger partial charge < -0.3 is 25.7 Å². The number of hydrogen-bond acceptors (Lipinski definition) is 4. The average molecular weight is 271 g/mol. The number of aliphatic hydroxyl groups is 1. The van der Waals surface area contributed by atoms with Gasteiger partial charge in [-0.15, -0.1) is 0 Å². The number of rotatable bonds is 2. The first-order valence-electron chi connectivity index (χ1n) is 6.22. The molecule has 0 aliphatic carbocycles. The number of piperidine rings is 1. The van der Waals surface area contributed by atoms with Crippen LogP contribution in [0.4, 0.5) is 4.79 Å². The Hall–Kier alpha value is -1.83. The summed E-state index contributed by atoms with van der Waals surface area (Å²) in [6, 6.07) is -1.70. The van der Waals surface area contributed by atoms with Gasteiger partial charge in [-0.25, -0.2) is 9.59 Å². The molecule has 0 aromatic heterocycles. The standard InChI is InChI=1S/C11H17N3O5/c15-7-3-8(10(17)18)14(5-7)11(19)13-6-1-2-9(16)12-4-6/h6-8,15H,1-5H2,(H,12,16)(H,13,19)(H,17,18)/t6?,7-,8-/m0/s1. The molecule has 3 amide bonds. The summed E-state index contributed by atoms with van der Waals surface area (Å²) in [5.41, 5.74) is 0. The molecule has 2 aliphatic heterocycles. The minimum atomic E-state index is -1.12. The van der Waals surface area contributed by atoms with E-state index in [0.29, 0.717) is 19.4 Å². The third-order valence-corrected chi connectivity index (χ3v) is 3.42. The Kier molecular flexibility index (Phi) is 3.89. The summed E-state index contributed by atoms with van der Waals surface area (Å²) in [6.45, 7) is 0.362. The second kappa shape index (κ2) is 5.43. The first-order chi connectivity index (χ1) is 8.97. The Morgan fingerprint density at radius 1 is 1.42 bits per heavy atom. The highest BCUT2D eigenvalue weighted by Crippen LogP contribution is 2.18. The Bertz CT molecular complexity index is 390. The summed E-state index contributed by atoms with van der Waals surface area (Å²) in [5.74, 6) is -1.17. The molecule has 2 heterocycles. The molecule has 0 radical (unpaired) electrons. The highest BCUT2D eigenvalue weighted by Gasteiger charge is 2.39. The largest absolute Gasteiger partial charge is 0.480 e. The monoisotopic (exact) mass is 271 g/mol. The Morgan fingerprint density at radius 2 is 2.16 bits per heavy atom. The van der Waals surface area contributed by atoms with Gasteiger partial charge in [0, 0.05) is 32.0 Å². The fraction of sp³-hybridized carbons (Fsp3) is 0.727. The Balaban J connectivity index is 1.91. The van der Waals surface area contributed by atoms with Crippen LogP contribution in [-0.2, 0) is 9.59 Å². The number of carboxylic acids is 1. The number of hydrogen-bond donors (Lipinski definition) is 4. The maximum absolute atomic E-state index is 12.0. The van der Waals surface area contributed by atoms with E-state index in [1.54, 1.807) is 0 Å². The first-order valence-corrected chi connectivity index (χ1v) is 6.22. The van der Waals surface area contributed by atoms with Crippen molar-refractivity contribution in [3.63, 3.8) is 0 Å². The molecule has 2 aliphatic rings. The molecule has 3 atom stereocenters. The van der Waals surface area contributed by atoms with Gasteiger partial charge >= 0.3 is 12.0 Å². The molecular weight excluding hydrogens is 254 g/mol. The molecule has 0 bridgehead atoms. The van der Waals surface area contributed by atoms with Crippen LogP contribution in [0, 0.1) is 0 Å². The van der Waals surface area contributed by atoms with Crippen molar-refractivity contribution in [2.45, 2.75) is 37.5 Å². The highest BCUT2D eigenvalue weighted by molar-refractivity contribution is 5.84. The van der Waals surface area contributed by atoms with E-state index in [1.807, 2.05) is 0 Å². The number of aliphatic hydroxyl groups excluding tert-OH is 1. The molecule has 4 N–H and O–H groups in total. The Labute approximate surface area is 109 Å². The molecule has 0 aromatic carbocycles. The van der Waals surface area contributed by atoms with Gasteiger partial charge in [0.25, 0.3) is 0 Å². The lowest BCUT2D eigenvalue weighted by Gasteiger charge is -2.28. The summed E-state index contributed by atoms with van der Waals surface area (Å²) >= 11 is 0. The molecule has 1 unspecified atom stereocenters. The van der Waals surface area contributed by atoms with Crippen LogP contribution in [0.15, 0.2) is 0 Å². The van der Waals surface area contributed by atoms with Crippen LogP contribution in [0.3, 0.4) is 0 Å². The molecule has 0 spiro atoms. The van der Waals surface area contributed by atoms with E-state index in [0.717, 1.165) is 4.90 Å². The molecule has 8 heteroatoms. The second-order valence-electron chi connectivity index (χ2n) is 4.89. The van der Waals surface area contributed by atoms with Crippen LogP contribution in [0.25, 0.3) is 0 Å². The molecule has 0 saturated carbocycles. The first kappa shape index (κ1) is 13.6. The van der Waals surface area contributed by atoms with Crippen molar-refractivity contribution >= 4 is 17.9 Å². The third-order valence-electron chi connectivity index (χ3n) is 3.42. The zero-order chi connectivity index (χ0) is 14.0. The van der Waals surface area contributed by atoms with Crippen LogP contribution >= 0.6 is 0 Å². The maximum atomic E-state index is 12.0. The summed E-state index contributed by atoms with van der Waals surface area (Å²) in [4.78, 5) is 35.1. The topological polar surface area (TPSA) is 119 Å². The van der Waals surface area contributed by atoms with E-state index in [2.05, 4.69) is 10.6 Å². The number of aliphatic carboxylic acids is 1. The summed E-state index contributed by atoms with van der Waals surface area (Å²) in [7, 11) is 0. The zero-order valence-electron chi connectivity index (χ0n) is 10.3. The van der Waals surface area contributed by atoms with E-state index >= 15 is 0 Å². The number of nitrogens with zero attached hydrogens (tertiary/aromatic N) is 1. The number of carbonyl (C=O) groups is 3. The van der Waals surface area contributed by atoms with Gasteiger partial charge in [0.05, 0.1) is 6.10 Å². The second-order valence-corrected chi connectivity index (χ2v) is 4.89. The van der Waals surface area contributed by atoms with Crippen molar-refractivity contribution < 1.29 is 24.6 Å². The lowest BCUT2D eigenvalue weighted by atomic mass is 10.1. The molecule has 2 rings (SSSR count). The van der Waals surface area contributed by atoms with Crippen LogP contribution < -0.4 is 10.6 Å². The molecule has 8 nitrogen and oxygen atoms in total. The normalized spacial score (nSPS) is 30.9. The van der Waals surface area contributed by atoms with Crippen LogP contribution in [0.5, 0.6) is 0 Å². The van der Waals surface area contributed by atoms with Gasteiger partial charge in [-0.05, 0) is 6.42 Å². The number of carboxylic acid groups (broad SMARTS) is 1. The predicted octanol–water partition coefficient (Wildman–Crippen LogP) is -1.51. The summed E-state index contributed by atoms with van der Waals surface area (Å²) < 4.78 is 0. The third kappa shape index (κ3) is 3.14. The molecule has 106 valence electrons. The highest BCUT2D eigenvalue weighted by atomic mass is 16.4. The van der Waals surface area contributed by atoms with Crippen LogP contribution in [0.2, 0.25) is 0 Å². The number of amides is 3. The van der Waals surface area contributed by atoms with E-state index in [9.17, 15) is 19.5 Å². The smallest absolute Gasteiger partial charge is 0.326 e. The van der Waals surface area contributed by atoms with Gasteiger partial charge in [0.1, 0.15) is 6.04 Å². The minimum absolute atomic E-state index is 0.0158. The van der Waals surface area contributed by atoms with Crippen molar-refractivity contribution in [3.8, 4) is 0 Å². The van der Waals surface area contributed by atoms with Crippen LogP contribution in [-0.4, -0.2) is 64.3 Å². The number of likely N-dealkylation sites (tertiary alicyclic amines) is 1.